The highest BCUT2D eigenvalue weighted by atomic mass is 15.3. The van der Waals surface area contributed by atoms with E-state index in [1.54, 1.807) is 0 Å². The third kappa shape index (κ3) is 2.76. The molecule has 2 aliphatic rings. The summed E-state index contributed by atoms with van der Waals surface area (Å²) in [5.41, 5.74) is 0. The molecule has 0 aliphatic carbocycles. The van der Waals surface area contributed by atoms with Crippen molar-refractivity contribution in [3.63, 3.8) is 0 Å². The van der Waals surface area contributed by atoms with Crippen molar-refractivity contribution in [1.29, 1.82) is 0 Å². The molecule has 0 aromatic carbocycles. The van der Waals surface area contributed by atoms with Gasteiger partial charge in [0, 0.05) is 38.3 Å². The van der Waals surface area contributed by atoms with Gasteiger partial charge in [0.25, 0.3) is 0 Å². The lowest BCUT2D eigenvalue weighted by Gasteiger charge is -2.40. The fourth-order valence-corrected chi connectivity index (χ4v) is 3.11. The van der Waals surface area contributed by atoms with Gasteiger partial charge in [0.2, 0.25) is 0 Å². The number of likely N-dealkylation sites (N-methyl/N-ethyl adjacent to an activating group) is 1. The zero-order valence-electron chi connectivity index (χ0n) is 11.1. The van der Waals surface area contributed by atoms with Crippen LogP contribution >= 0.6 is 0 Å². The fourth-order valence-electron chi connectivity index (χ4n) is 3.11. The van der Waals surface area contributed by atoms with Crippen LogP contribution in [0.4, 0.5) is 0 Å². The summed E-state index contributed by atoms with van der Waals surface area (Å²) >= 11 is 0. The molecule has 3 heteroatoms. The average molecular weight is 225 g/mol. The molecule has 0 radical (unpaired) electrons. The predicted molar refractivity (Wildman–Crippen MR) is 68.7 cm³/mol. The van der Waals surface area contributed by atoms with Gasteiger partial charge in [-0.15, -0.1) is 0 Å². The SMILES string of the molecule is CCC1CN(CC2CCNC2C)CCN1C. The van der Waals surface area contributed by atoms with Gasteiger partial charge in [-0.05, 0) is 39.3 Å². The van der Waals surface area contributed by atoms with Crippen molar-refractivity contribution in [2.24, 2.45) is 5.92 Å². The summed E-state index contributed by atoms with van der Waals surface area (Å²) in [4.78, 5) is 5.20. The molecule has 3 nitrogen and oxygen atoms in total. The Hall–Kier alpha value is -0.120. The molecule has 0 spiro atoms. The van der Waals surface area contributed by atoms with Crippen LogP contribution in [0.3, 0.4) is 0 Å². The van der Waals surface area contributed by atoms with E-state index in [2.05, 4.69) is 36.0 Å². The lowest BCUT2D eigenvalue weighted by atomic mass is 10.00. The molecule has 0 amide bonds. The molecule has 2 saturated heterocycles. The molecule has 2 fully saturated rings. The molecule has 3 atom stereocenters. The zero-order valence-corrected chi connectivity index (χ0v) is 11.1. The van der Waals surface area contributed by atoms with Crippen molar-refractivity contribution in [2.45, 2.75) is 38.8 Å². The van der Waals surface area contributed by atoms with Gasteiger partial charge in [-0.1, -0.05) is 6.92 Å². The average Bonchev–Trinajstić information content (AvgIpc) is 2.67. The van der Waals surface area contributed by atoms with E-state index in [4.69, 9.17) is 0 Å². The van der Waals surface area contributed by atoms with E-state index in [1.807, 2.05) is 0 Å². The Balaban J connectivity index is 1.81. The molecule has 0 aromatic rings. The molecule has 0 bridgehead atoms. The molecular formula is C13H27N3. The lowest BCUT2D eigenvalue weighted by molar-refractivity contribution is 0.0805. The quantitative estimate of drug-likeness (QED) is 0.773. The van der Waals surface area contributed by atoms with E-state index < -0.39 is 0 Å². The number of hydrogen-bond donors (Lipinski definition) is 1. The van der Waals surface area contributed by atoms with Gasteiger partial charge in [0.1, 0.15) is 0 Å². The minimum Gasteiger partial charge on any atom is -0.314 e. The number of hydrogen-bond acceptors (Lipinski definition) is 3. The summed E-state index contributed by atoms with van der Waals surface area (Å²) in [5.74, 6) is 0.876. The van der Waals surface area contributed by atoms with E-state index in [1.165, 1.54) is 45.6 Å². The first-order valence-corrected chi connectivity index (χ1v) is 6.86. The van der Waals surface area contributed by atoms with Gasteiger partial charge < -0.3 is 15.1 Å². The highest BCUT2D eigenvalue weighted by Gasteiger charge is 2.28. The van der Waals surface area contributed by atoms with Crippen LogP contribution in [0, 0.1) is 5.92 Å². The first-order valence-electron chi connectivity index (χ1n) is 6.86. The Morgan fingerprint density at radius 1 is 1.31 bits per heavy atom. The van der Waals surface area contributed by atoms with Crippen molar-refractivity contribution in [2.75, 3.05) is 39.8 Å². The highest BCUT2D eigenvalue weighted by molar-refractivity contribution is 4.86. The minimum atomic E-state index is 0.722. The molecule has 0 aromatic heterocycles. The van der Waals surface area contributed by atoms with Gasteiger partial charge in [-0.25, -0.2) is 0 Å². The van der Waals surface area contributed by atoms with Crippen LogP contribution in [0.5, 0.6) is 0 Å². The van der Waals surface area contributed by atoms with Crippen molar-refractivity contribution in [3.05, 3.63) is 0 Å². The molecule has 3 unspecified atom stereocenters. The standard InChI is InChI=1S/C13H27N3/c1-4-13-10-16(8-7-15(13)3)9-12-5-6-14-11(12)2/h11-14H,4-10H2,1-3H3. The van der Waals surface area contributed by atoms with E-state index in [0.29, 0.717) is 0 Å². The fraction of sp³-hybridized carbons (Fsp3) is 1.00. The van der Waals surface area contributed by atoms with Crippen LogP contribution in [-0.2, 0) is 0 Å². The monoisotopic (exact) mass is 225 g/mol. The first kappa shape index (κ1) is 12.3. The van der Waals surface area contributed by atoms with Gasteiger partial charge in [0.05, 0.1) is 0 Å². The van der Waals surface area contributed by atoms with Crippen molar-refractivity contribution in [1.82, 2.24) is 15.1 Å². The summed E-state index contributed by atoms with van der Waals surface area (Å²) in [6.07, 6.45) is 2.65. The Morgan fingerprint density at radius 2 is 2.12 bits per heavy atom. The third-order valence-corrected chi connectivity index (χ3v) is 4.51. The van der Waals surface area contributed by atoms with E-state index in [0.717, 1.165) is 18.0 Å². The Morgan fingerprint density at radius 3 is 2.75 bits per heavy atom. The second-order valence-electron chi connectivity index (χ2n) is 5.59. The topological polar surface area (TPSA) is 18.5 Å². The van der Waals surface area contributed by atoms with Gasteiger partial charge in [-0.2, -0.15) is 0 Å². The summed E-state index contributed by atoms with van der Waals surface area (Å²) in [5, 5.41) is 3.56. The van der Waals surface area contributed by atoms with Crippen LogP contribution in [0.25, 0.3) is 0 Å². The van der Waals surface area contributed by atoms with E-state index >= 15 is 0 Å². The molecular weight excluding hydrogens is 198 g/mol. The maximum absolute atomic E-state index is 3.56. The Kier molecular flexibility index (Phi) is 4.22. The first-order chi connectivity index (χ1) is 7.70. The predicted octanol–water partition coefficient (Wildman–Crippen LogP) is 1.01. The smallest absolute Gasteiger partial charge is 0.0218 e. The summed E-state index contributed by atoms with van der Waals surface area (Å²) in [6.45, 7) is 10.9. The molecule has 0 saturated carbocycles. The van der Waals surface area contributed by atoms with Crippen molar-refractivity contribution < 1.29 is 0 Å². The number of piperazine rings is 1. The molecule has 16 heavy (non-hydrogen) atoms. The van der Waals surface area contributed by atoms with Crippen molar-refractivity contribution >= 4 is 0 Å². The van der Waals surface area contributed by atoms with Gasteiger partial charge >= 0.3 is 0 Å². The summed E-state index contributed by atoms with van der Waals surface area (Å²) < 4.78 is 0. The number of rotatable bonds is 3. The zero-order chi connectivity index (χ0) is 11.5. The van der Waals surface area contributed by atoms with Crippen LogP contribution < -0.4 is 5.32 Å². The van der Waals surface area contributed by atoms with E-state index in [-0.39, 0.29) is 0 Å². The maximum atomic E-state index is 3.56. The maximum Gasteiger partial charge on any atom is 0.0218 e. The highest BCUT2D eigenvalue weighted by Crippen LogP contribution is 2.19. The van der Waals surface area contributed by atoms with Crippen LogP contribution in [0.2, 0.25) is 0 Å². The summed E-state index contributed by atoms with van der Waals surface area (Å²) in [7, 11) is 2.27. The molecule has 2 rings (SSSR count). The summed E-state index contributed by atoms with van der Waals surface area (Å²) in [6, 6.07) is 1.50. The van der Waals surface area contributed by atoms with Gasteiger partial charge in [0.15, 0.2) is 0 Å². The molecule has 1 N–H and O–H groups in total. The molecule has 94 valence electrons. The number of nitrogens with one attached hydrogen (secondary N) is 1. The second-order valence-corrected chi connectivity index (χ2v) is 5.59. The normalized spacial score (nSPS) is 38.1. The number of nitrogens with zero attached hydrogens (tertiary/aromatic N) is 2. The second kappa shape index (κ2) is 5.48. The van der Waals surface area contributed by atoms with Crippen LogP contribution in [0.15, 0.2) is 0 Å². The Bertz CT molecular complexity index is 219. The minimum absolute atomic E-state index is 0.722. The third-order valence-electron chi connectivity index (χ3n) is 4.51. The van der Waals surface area contributed by atoms with Crippen LogP contribution in [0.1, 0.15) is 26.7 Å². The molecule has 2 heterocycles. The lowest BCUT2D eigenvalue weighted by Crippen LogP contribution is -2.52. The Labute approximate surface area is 100 Å². The largest absolute Gasteiger partial charge is 0.314 e. The molecule has 2 aliphatic heterocycles. The van der Waals surface area contributed by atoms with Crippen LogP contribution in [-0.4, -0.2) is 61.7 Å². The van der Waals surface area contributed by atoms with E-state index in [9.17, 15) is 0 Å². The van der Waals surface area contributed by atoms with Gasteiger partial charge in [-0.3, -0.25) is 0 Å². The van der Waals surface area contributed by atoms with Crippen molar-refractivity contribution in [3.8, 4) is 0 Å².